The van der Waals surface area contributed by atoms with Gasteiger partial charge in [0.2, 0.25) is 0 Å². The number of carbonyl (C=O) groups excluding carboxylic acids is 1. The zero-order valence-electron chi connectivity index (χ0n) is 16.9. The predicted octanol–water partition coefficient (Wildman–Crippen LogP) is 4.28. The third-order valence-corrected chi connectivity index (χ3v) is 5.83. The second-order valence-electron chi connectivity index (χ2n) is 8.15. The van der Waals surface area contributed by atoms with E-state index in [0.717, 1.165) is 30.0 Å². The van der Waals surface area contributed by atoms with Gasteiger partial charge in [-0.1, -0.05) is 37.3 Å². The third kappa shape index (κ3) is 5.93. The fraction of sp³-hybridized carbons (Fsp3) is 0.565. The van der Waals surface area contributed by atoms with Gasteiger partial charge in [-0.05, 0) is 56.6 Å². The van der Waals surface area contributed by atoms with Crippen molar-refractivity contribution in [2.45, 2.75) is 64.5 Å². The van der Waals surface area contributed by atoms with Crippen molar-refractivity contribution in [2.75, 3.05) is 6.54 Å². The molecule has 1 aromatic heterocycles. The highest BCUT2D eigenvalue weighted by Crippen LogP contribution is 2.32. The van der Waals surface area contributed by atoms with Crippen LogP contribution in [0.4, 0.5) is 0 Å². The smallest absolute Gasteiger partial charge is 0.309 e. The number of esters is 1. The van der Waals surface area contributed by atoms with E-state index in [9.17, 15) is 4.79 Å². The van der Waals surface area contributed by atoms with Gasteiger partial charge in [-0.15, -0.1) is 0 Å². The molecule has 5 nitrogen and oxygen atoms in total. The van der Waals surface area contributed by atoms with Crippen LogP contribution < -0.4 is 5.73 Å². The monoisotopic (exact) mass is 383 g/mol. The number of nitrogens with two attached hydrogens (primary N) is 1. The van der Waals surface area contributed by atoms with E-state index in [4.69, 9.17) is 10.5 Å². The van der Waals surface area contributed by atoms with Crippen molar-refractivity contribution in [3.05, 3.63) is 54.1 Å². The molecule has 0 bridgehead atoms. The van der Waals surface area contributed by atoms with Crippen molar-refractivity contribution in [1.82, 2.24) is 9.55 Å². The quantitative estimate of drug-likeness (QED) is 0.656. The first-order valence-corrected chi connectivity index (χ1v) is 10.6. The molecule has 5 heteroatoms. The number of benzene rings is 1. The predicted molar refractivity (Wildman–Crippen MR) is 111 cm³/mol. The van der Waals surface area contributed by atoms with Gasteiger partial charge in [-0.25, -0.2) is 4.98 Å². The molecule has 3 rings (SSSR count). The average molecular weight is 384 g/mol. The Labute approximate surface area is 168 Å². The van der Waals surface area contributed by atoms with Gasteiger partial charge in [0, 0.05) is 18.7 Å². The number of carbonyl (C=O) groups is 1. The average Bonchev–Trinajstić information content (AvgIpc) is 3.19. The van der Waals surface area contributed by atoms with Crippen molar-refractivity contribution < 1.29 is 9.53 Å². The minimum atomic E-state index is -0.193. The Morgan fingerprint density at radius 2 is 2.00 bits per heavy atom. The molecule has 1 aromatic carbocycles. The Balaban J connectivity index is 1.58. The zero-order valence-corrected chi connectivity index (χ0v) is 16.9. The van der Waals surface area contributed by atoms with Gasteiger partial charge in [0.25, 0.3) is 0 Å². The number of imidazole rings is 1. The summed E-state index contributed by atoms with van der Waals surface area (Å²) in [6.07, 6.45) is 11.2. The lowest BCUT2D eigenvalue weighted by Crippen LogP contribution is -2.21. The number of hydrogen-bond acceptors (Lipinski definition) is 4. The molecule has 0 radical (unpaired) electrons. The molecule has 152 valence electrons. The number of ether oxygens (including phenoxy) is 1. The highest BCUT2D eigenvalue weighted by molar-refractivity contribution is 5.72. The minimum absolute atomic E-state index is 0.154. The summed E-state index contributed by atoms with van der Waals surface area (Å²) in [5.74, 6) is 0.486. The van der Waals surface area contributed by atoms with Crippen molar-refractivity contribution in [1.29, 1.82) is 0 Å². The fourth-order valence-corrected chi connectivity index (χ4v) is 3.99. The molecule has 0 aliphatic heterocycles. The van der Waals surface area contributed by atoms with Gasteiger partial charge in [0.05, 0.1) is 17.9 Å². The van der Waals surface area contributed by atoms with Gasteiger partial charge in [-0.3, -0.25) is 4.79 Å². The third-order valence-electron chi connectivity index (χ3n) is 5.83. The second-order valence-corrected chi connectivity index (χ2v) is 8.15. The Hall–Kier alpha value is -2.14. The van der Waals surface area contributed by atoms with Crippen LogP contribution in [-0.2, 0) is 22.6 Å². The van der Waals surface area contributed by atoms with Crippen LogP contribution in [0.25, 0.3) is 0 Å². The van der Waals surface area contributed by atoms with Gasteiger partial charge < -0.3 is 15.0 Å². The second kappa shape index (κ2) is 10.4. The lowest BCUT2D eigenvalue weighted by Gasteiger charge is -2.26. The molecule has 1 aliphatic carbocycles. The van der Waals surface area contributed by atoms with E-state index in [-0.39, 0.29) is 11.9 Å². The van der Waals surface area contributed by atoms with Gasteiger partial charge >= 0.3 is 5.97 Å². The molecule has 0 amide bonds. The van der Waals surface area contributed by atoms with Crippen LogP contribution in [0.3, 0.4) is 0 Å². The first-order chi connectivity index (χ1) is 13.7. The topological polar surface area (TPSA) is 70.1 Å². The van der Waals surface area contributed by atoms with Gasteiger partial charge in [0.1, 0.15) is 6.61 Å². The van der Waals surface area contributed by atoms with E-state index in [0.29, 0.717) is 25.6 Å². The molecule has 28 heavy (non-hydrogen) atoms. The van der Waals surface area contributed by atoms with Crippen molar-refractivity contribution in [3.8, 4) is 0 Å². The van der Waals surface area contributed by atoms with Crippen LogP contribution in [0.1, 0.15) is 62.7 Å². The van der Waals surface area contributed by atoms with Crippen LogP contribution in [0, 0.1) is 11.8 Å². The van der Waals surface area contributed by atoms with E-state index < -0.39 is 0 Å². The first kappa shape index (κ1) is 20.6. The van der Waals surface area contributed by atoms with Crippen molar-refractivity contribution >= 4 is 5.97 Å². The Bertz CT molecular complexity index is 720. The van der Waals surface area contributed by atoms with Crippen LogP contribution in [0.5, 0.6) is 0 Å². The summed E-state index contributed by atoms with van der Waals surface area (Å²) < 4.78 is 7.83. The van der Waals surface area contributed by atoms with Crippen molar-refractivity contribution in [3.63, 3.8) is 0 Å². The Morgan fingerprint density at radius 3 is 2.71 bits per heavy atom. The summed E-state index contributed by atoms with van der Waals surface area (Å²) in [5.41, 5.74) is 7.65. The van der Waals surface area contributed by atoms with E-state index in [1.165, 1.54) is 25.7 Å². The van der Waals surface area contributed by atoms with Crippen LogP contribution in [-0.4, -0.2) is 22.1 Å². The maximum absolute atomic E-state index is 12.7. The Morgan fingerprint density at radius 1 is 1.25 bits per heavy atom. The summed E-state index contributed by atoms with van der Waals surface area (Å²) in [6, 6.07) is 10.3. The summed E-state index contributed by atoms with van der Waals surface area (Å²) >= 11 is 0. The molecule has 0 spiro atoms. The maximum Gasteiger partial charge on any atom is 0.309 e. The molecule has 1 fully saturated rings. The standard InChI is InChI=1S/C23H33N3O2/c1-18-9-11-22(12-10-18)26-15-21(25-17-26)14-20(8-5-13-24)23(27)28-16-19-6-3-2-4-7-19/h2-4,6-7,15,17-18,20,22H,5,8-14,16,24H2,1H3/t18-,20?,22-. The fourth-order valence-electron chi connectivity index (χ4n) is 3.99. The minimum Gasteiger partial charge on any atom is -0.461 e. The molecular formula is C23H33N3O2. The lowest BCUT2D eigenvalue weighted by molar-refractivity contribution is -0.150. The summed E-state index contributed by atoms with van der Waals surface area (Å²) in [4.78, 5) is 17.3. The number of hydrogen-bond donors (Lipinski definition) is 1. The zero-order chi connectivity index (χ0) is 19.8. The van der Waals surface area contributed by atoms with E-state index in [1.54, 1.807) is 0 Å². The lowest BCUT2D eigenvalue weighted by atomic mass is 9.87. The van der Waals surface area contributed by atoms with Gasteiger partial charge in [-0.2, -0.15) is 0 Å². The molecule has 1 aliphatic rings. The van der Waals surface area contributed by atoms with E-state index >= 15 is 0 Å². The largest absolute Gasteiger partial charge is 0.461 e. The first-order valence-electron chi connectivity index (χ1n) is 10.6. The van der Waals surface area contributed by atoms with E-state index in [1.807, 2.05) is 36.7 Å². The molecule has 1 unspecified atom stereocenters. The number of aromatic nitrogens is 2. The van der Waals surface area contributed by atoms with Crippen LogP contribution >= 0.6 is 0 Å². The SMILES string of the molecule is C[C@H]1CC[C@H](n2cnc(CC(CCCN)C(=O)OCc3ccccc3)c2)CC1. The Kier molecular flexibility index (Phi) is 7.66. The molecule has 1 saturated carbocycles. The van der Waals surface area contributed by atoms with Crippen LogP contribution in [0.2, 0.25) is 0 Å². The van der Waals surface area contributed by atoms with Crippen molar-refractivity contribution in [2.24, 2.45) is 17.6 Å². The molecule has 2 aromatic rings. The summed E-state index contributed by atoms with van der Waals surface area (Å²) in [6.45, 7) is 3.23. The highest BCUT2D eigenvalue weighted by atomic mass is 16.5. The number of nitrogens with zero attached hydrogens (tertiary/aromatic N) is 2. The molecule has 0 saturated heterocycles. The number of rotatable bonds is 9. The maximum atomic E-state index is 12.7. The summed E-state index contributed by atoms with van der Waals surface area (Å²) in [7, 11) is 0. The molecular weight excluding hydrogens is 350 g/mol. The summed E-state index contributed by atoms with van der Waals surface area (Å²) in [5, 5.41) is 0. The molecule has 2 N–H and O–H groups in total. The van der Waals surface area contributed by atoms with Crippen LogP contribution in [0.15, 0.2) is 42.9 Å². The normalized spacial score (nSPS) is 20.6. The highest BCUT2D eigenvalue weighted by Gasteiger charge is 2.23. The van der Waals surface area contributed by atoms with E-state index in [2.05, 4.69) is 22.7 Å². The molecule has 1 atom stereocenters. The van der Waals surface area contributed by atoms with Gasteiger partial charge in [0.15, 0.2) is 0 Å². The molecule has 1 heterocycles.